The molecule has 1 aromatic heterocycles. The second-order valence-electron chi connectivity index (χ2n) is 10.0. The summed E-state index contributed by atoms with van der Waals surface area (Å²) < 4.78 is 5.35. The lowest BCUT2D eigenvalue weighted by atomic mass is 9.89. The summed E-state index contributed by atoms with van der Waals surface area (Å²) in [5, 5.41) is 17.0. The molecule has 0 radical (unpaired) electrons. The number of ether oxygens (including phenoxy) is 1. The maximum atomic E-state index is 9.95. The van der Waals surface area contributed by atoms with Crippen LogP contribution >= 0.6 is 0 Å². The van der Waals surface area contributed by atoms with Gasteiger partial charge in [-0.1, -0.05) is 36.4 Å². The van der Waals surface area contributed by atoms with Crippen LogP contribution in [0.3, 0.4) is 0 Å². The van der Waals surface area contributed by atoms with Gasteiger partial charge in [-0.25, -0.2) is 4.98 Å². The van der Waals surface area contributed by atoms with Gasteiger partial charge in [0.05, 0.1) is 13.2 Å². The lowest BCUT2D eigenvalue weighted by molar-refractivity contribution is 0.126. The van der Waals surface area contributed by atoms with E-state index in [0.717, 1.165) is 75.4 Å². The Kier molecular flexibility index (Phi) is 7.98. The van der Waals surface area contributed by atoms with E-state index in [4.69, 9.17) is 14.7 Å². The van der Waals surface area contributed by atoms with E-state index in [-0.39, 0.29) is 6.10 Å². The second-order valence-corrected chi connectivity index (χ2v) is 10.0. The van der Waals surface area contributed by atoms with Crippen LogP contribution in [0.4, 0.5) is 17.5 Å². The van der Waals surface area contributed by atoms with E-state index < -0.39 is 0 Å². The number of aliphatic hydroxyl groups is 1. The van der Waals surface area contributed by atoms with E-state index >= 15 is 0 Å². The summed E-state index contributed by atoms with van der Waals surface area (Å²) in [5.41, 5.74) is 3.47. The lowest BCUT2D eigenvalue weighted by Crippen LogP contribution is -2.33. The first-order chi connectivity index (χ1) is 17.7. The van der Waals surface area contributed by atoms with Gasteiger partial charge in [0.15, 0.2) is 0 Å². The molecule has 3 N–H and O–H groups in total. The summed E-state index contributed by atoms with van der Waals surface area (Å²) in [4.78, 5) is 12.2. The predicted molar refractivity (Wildman–Crippen MR) is 144 cm³/mol. The van der Waals surface area contributed by atoms with E-state index in [1.54, 1.807) is 7.11 Å². The van der Waals surface area contributed by atoms with Crippen molar-refractivity contribution in [1.82, 2.24) is 14.9 Å². The van der Waals surface area contributed by atoms with Gasteiger partial charge in [-0.15, -0.1) is 0 Å². The van der Waals surface area contributed by atoms with E-state index in [0.29, 0.717) is 17.9 Å². The first-order valence-electron chi connectivity index (χ1n) is 13.1. The highest BCUT2D eigenvalue weighted by atomic mass is 16.5. The fourth-order valence-electron chi connectivity index (χ4n) is 5.35. The Labute approximate surface area is 213 Å². The SMILES string of the molecule is COc1cccc(Nc2ncc(C3CCN(Cc4ccccc4)CC3)c(N[C@H]3CC[C@H](O)CC3)n2)c1. The molecule has 0 unspecified atom stereocenters. The molecule has 2 aliphatic rings. The summed E-state index contributed by atoms with van der Waals surface area (Å²) >= 11 is 0. The van der Waals surface area contributed by atoms with Gasteiger partial charge in [0.2, 0.25) is 5.95 Å². The molecule has 0 spiro atoms. The van der Waals surface area contributed by atoms with Crippen LogP contribution in [0, 0.1) is 0 Å². The Morgan fingerprint density at radius 3 is 2.50 bits per heavy atom. The minimum absolute atomic E-state index is 0.174. The molecule has 2 heterocycles. The smallest absolute Gasteiger partial charge is 0.229 e. The number of aliphatic hydroxyl groups excluding tert-OH is 1. The zero-order chi connectivity index (χ0) is 24.7. The molecule has 1 saturated carbocycles. The number of methoxy groups -OCH3 is 1. The fourth-order valence-corrected chi connectivity index (χ4v) is 5.35. The third-order valence-corrected chi connectivity index (χ3v) is 7.46. The number of likely N-dealkylation sites (tertiary alicyclic amines) is 1. The van der Waals surface area contributed by atoms with Crippen molar-refractivity contribution in [2.24, 2.45) is 0 Å². The van der Waals surface area contributed by atoms with Crippen molar-refractivity contribution in [2.45, 2.75) is 63.1 Å². The molecule has 0 bridgehead atoms. The maximum Gasteiger partial charge on any atom is 0.229 e. The van der Waals surface area contributed by atoms with Crippen LogP contribution in [0.1, 0.15) is 55.6 Å². The molecule has 7 nitrogen and oxygen atoms in total. The molecule has 0 amide bonds. The Morgan fingerprint density at radius 1 is 0.972 bits per heavy atom. The van der Waals surface area contributed by atoms with Crippen molar-refractivity contribution in [2.75, 3.05) is 30.8 Å². The van der Waals surface area contributed by atoms with Crippen molar-refractivity contribution in [1.29, 1.82) is 0 Å². The molecule has 1 aliphatic heterocycles. The summed E-state index contributed by atoms with van der Waals surface area (Å²) in [7, 11) is 1.67. The minimum atomic E-state index is -0.174. The van der Waals surface area contributed by atoms with Crippen LogP contribution < -0.4 is 15.4 Å². The molecule has 1 aliphatic carbocycles. The van der Waals surface area contributed by atoms with Gasteiger partial charge >= 0.3 is 0 Å². The molecule has 0 atom stereocenters. The van der Waals surface area contributed by atoms with Crippen LogP contribution in [-0.2, 0) is 6.54 Å². The highest BCUT2D eigenvalue weighted by molar-refractivity contribution is 5.58. The molecule has 2 fully saturated rings. The van der Waals surface area contributed by atoms with E-state index in [1.165, 1.54) is 11.1 Å². The number of nitrogens with zero attached hydrogens (tertiary/aromatic N) is 3. The van der Waals surface area contributed by atoms with Crippen LogP contribution in [0.25, 0.3) is 0 Å². The Balaban J connectivity index is 1.31. The van der Waals surface area contributed by atoms with E-state index in [1.807, 2.05) is 30.5 Å². The van der Waals surface area contributed by atoms with Gasteiger partial charge < -0.3 is 20.5 Å². The summed E-state index contributed by atoms with van der Waals surface area (Å²) in [6.45, 7) is 3.14. The third kappa shape index (κ3) is 6.33. The summed E-state index contributed by atoms with van der Waals surface area (Å²) in [6, 6.07) is 18.8. The molecule has 190 valence electrons. The van der Waals surface area contributed by atoms with Crippen molar-refractivity contribution < 1.29 is 9.84 Å². The Hall–Kier alpha value is -3.16. The fraction of sp³-hybridized carbons (Fsp3) is 0.448. The molecule has 7 heteroatoms. The highest BCUT2D eigenvalue weighted by Crippen LogP contribution is 2.34. The molecule has 5 rings (SSSR count). The topological polar surface area (TPSA) is 82.5 Å². The van der Waals surface area contributed by atoms with Crippen molar-refractivity contribution in [3.63, 3.8) is 0 Å². The number of hydrogen-bond donors (Lipinski definition) is 3. The zero-order valence-corrected chi connectivity index (χ0v) is 21.1. The molecular weight excluding hydrogens is 450 g/mol. The van der Waals surface area contributed by atoms with Crippen LogP contribution in [0.2, 0.25) is 0 Å². The number of aromatic nitrogens is 2. The van der Waals surface area contributed by atoms with E-state index in [2.05, 4.69) is 45.9 Å². The number of anilines is 3. The van der Waals surface area contributed by atoms with Crippen molar-refractivity contribution in [3.05, 3.63) is 71.9 Å². The van der Waals surface area contributed by atoms with Gasteiger partial charge in [0.25, 0.3) is 0 Å². The van der Waals surface area contributed by atoms with Crippen LogP contribution in [0.15, 0.2) is 60.8 Å². The molecular formula is C29H37N5O2. The second kappa shape index (κ2) is 11.7. The van der Waals surface area contributed by atoms with Gasteiger partial charge in [0, 0.05) is 36.1 Å². The zero-order valence-electron chi connectivity index (χ0n) is 21.1. The van der Waals surface area contributed by atoms with Crippen molar-refractivity contribution >= 4 is 17.5 Å². The lowest BCUT2D eigenvalue weighted by Gasteiger charge is -2.33. The van der Waals surface area contributed by atoms with Gasteiger partial charge in [-0.05, 0) is 75.2 Å². The average molecular weight is 488 g/mol. The molecule has 1 saturated heterocycles. The molecule has 36 heavy (non-hydrogen) atoms. The Bertz CT molecular complexity index is 1110. The number of benzene rings is 2. The first-order valence-corrected chi connectivity index (χ1v) is 13.1. The monoisotopic (exact) mass is 487 g/mol. The van der Waals surface area contributed by atoms with Crippen LogP contribution in [0.5, 0.6) is 5.75 Å². The summed E-state index contributed by atoms with van der Waals surface area (Å²) in [6.07, 6.45) is 7.61. The first kappa shape index (κ1) is 24.5. The average Bonchev–Trinajstić information content (AvgIpc) is 2.91. The van der Waals surface area contributed by atoms with Crippen LogP contribution in [-0.4, -0.2) is 52.3 Å². The number of hydrogen-bond acceptors (Lipinski definition) is 7. The highest BCUT2D eigenvalue weighted by Gasteiger charge is 2.26. The standard InChI is InChI=1S/C29H37N5O2/c1-36-26-9-5-8-24(18-26)32-29-30-19-27(28(33-29)31-23-10-12-25(35)13-11-23)22-14-16-34(17-15-22)20-21-6-3-2-4-7-21/h2-9,18-19,22-23,25,35H,10-17,20H2,1H3,(H2,30,31,32,33)/t23-,25-. The Morgan fingerprint density at radius 2 is 1.75 bits per heavy atom. The van der Waals surface area contributed by atoms with E-state index in [9.17, 15) is 5.11 Å². The number of piperidine rings is 1. The predicted octanol–water partition coefficient (Wildman–Crippen LogP) is 5.32. The van der Waals surface area contributed by atoms with Crippen molar-refractivity contribution in [3.8, 4) is 5.75 Å². The molecule has 2 aromatic carbocycles. The molecule has 3 aromatic rings. The third-order valence-electron chi connectivity index (χ3n) is 7.46. The summed E-state index contributed by atoms with van der Waals surface area (Å²) in [5.74, 6) is 2.72. The largest absolute Gasteiger partial charge is 0.497 e. The quantitative estimate of drug-likeness (QED) is 0.396. The normalized spacial score (nSPS) is 21.2. The van der Waals surface area contributed by atoms with Gasteiger partial charge in [0.1, 0.15) is 11.6 Å². The number of rotatable bonds is 8. The van der Waals surface area contributed by atoms with Gasteiger partial charge in [-0.2, -0.15) is 4.98 Å². The number of nitrogens with one attached hydrogen (secondary N) is 2. The maximum absolute atomic E-state index is 9.95. The minimum Gasteiger partial charge on any atom is -0.497 e. The van der Waals surface area contributed by atoms with Gasteiger partial charge in [-0.3, -0.25) is 4.90 Å².